The minimum atomic E-state index is -0.257. The fourth-order valence-electron chi connectivity index (χ4n) is 3.69. The molecule has 138 valence electrons. The van der Waals surface area contributed by atoms with E-state index in [2.05, 4.69) is 10.3 Å². The van der Waals surface area contributed by atoms with Crippen LogP contribution in [0.1, 0.15) is 50.5 Å². The Morgan fingerprint density at radius 3 is 2.60 bits per heavy atom. The molecule has 0 unspecified atom stereocenters. The number of rotatable bonds is 4. The number of halogens is 1. The van der Waals surface area contributed by atoms with Crippen LogP contribution in [0.2, 0.25) is 0 Å². The van der Waals surface area contributed by atoms with Gasteiger partial charge in [-0.25, -0.2) is 9.38 Å². The van der Waals surface area contributed by atoms with Crippen LogP contribution < -0.4 is 16.0 Å². The summed E-state index contributed by atoms with van der Waals surface area (Å²) in [6, 6.07) is 5.67. The van der Waals surface area contributed by atoms with Gasteiger partial charge in [0.15, 0.2) is 5.96 Å². The topological polar surface area (TPSA) is 73.9 Å². The molecule has 25 heavy (non-hydrogen) atoms. The molecule has 1 heterocycles. The lowest BCUT2D eigenvalue weighted by atomic mass is 9.96. The predicted octanol–water partition coefficient (Wildman–Crippen LogP) is 2.52. The Bertz CT molecular complexity index is 593. The molecule has 0 bridgehead atoms. The lowest BCUT2D eigenvalue weighted by Crippen LogP contribution is -2.41. The molecule has 1 aromatic rings. The fourth-order valence-corrected chi connectivity index (χ4v) is 3.69. The van der Waals surface area contributed by atoms with Gasteiger partial charge in [0.1, 0.15) is 5.82 Å². The first kappa shape index (κ1) is 18.0. The van der Waals surface area contributed by atoms with Crippen molar-refractivity contribution in [3.05, 3.63) is 29.6 Å². The van der Waals surface area contributed by atoms with Crippen LogP contribution in [0.4, 0.5) is 10.1 Å². The summed E-state index contributed by atoms with van der Waals surface area (Å²) in [6.07, 6.45) is 7.19. The number of nitrogens with two attached hydrogens (primary N) is 1. The van der Waals surface area contributed by atoms with Crippen LogP contribution >= 0.6 is 0 Å². The van der Waals surface area contributed by atoms with E-state index in [0.29, 0.717) is 50.2 Å². The van der Waals surface area contributed by atoms with Crippen molar-refractivity contribution in [1.29, 1.82) is 0 Å². The van der Waals surface area contributed by atoms with Gasteiger partial charge in [-0.1, -0.05) is 25.3 Å². The predicted molar refractivity (Wildman–Crippen MR) is 99.2 cm³/mol. The molecule has 0 aromatic heterocycles. The van der Waals surface area contributed by atoms with Crippen molar-refractivity contribution in [2.45, 2.75) is 63.6 Å². The van der Waals surface area contributed by atoms with E-state index >= 15 is 0 Å². The van der Waals surface area contributed by atoms with Crippen LogP contribution in [0.3, 0.4) is 0 Å². The maximum absolute atomic E-state index is 14.4. The zero-order chi connectivity index (χ0) is 17.6. The molecule has 1 saturated carbocycles. The van der Waals surface area contributed by atoms with Crippen molar-refractivity contribution in [3.63, 3.8) is 0 Å². The van der Waals surface area contributed by atoms with Gasteiger partial charge in [0.2, 0.25) is 0 Å². The van der Waals surface area contributed by atoms with Crippen molar-refractivity contribution < 1.29 is 9.50 Å². The summed E-state index contributed by atoms with van der Waals surface area (Å²) >= 11 is 0. The van der Waals surface area contributed by atoms with Gasteiger partial charge in [0, 0.05) is 19.1 Å². The van der Waals surface area contributed by atoms with E-state index in [0.717, 1.165) is 18.4 Å². The second kappa shape index (κ2) is 8.52. The Labute approximate surface area is 149 Å². The first-order valence-corrected chi connectivity index (χ1v) is 9.40. The third kappa shape index (κ3) is 5.08. The summed E-state index contributed by atoms with van der Waals surface area (Å²) in [7, 11) is 0. The molecule has 1 aromatic carbocycles. The van der Waals surface area contributed by atoms with Gasteiger partial charge < -0.3 is 21.1 Å². The third-order valence-electron chi connectivity index (χ3n) is 5.21. The van der Waals surface area contributed by atoms with Gasteiger partial charge >= 0.3 is 0 Å². The number of piperidine rings is 1. The second-order valence-electron chi connectivity index (χ2n) is 7.18. The number of hydrogen-bond donors (Lipinski definition) is 3. The van der Waals surface area contributed by atoms with Crippen LogP contribution in [-0.4, -0.2) is 36.3 Å². The van der Waals surface area contributed by atoms with E-state index < -0.39 is 0 Å². The highest BCUT2D eigenvalue weighted by Gasteiger charge is 2.19. The first-order chi connectivity index (χ1) is 12.1. The largest absolute Gasteiger partial charge is 0.393 e. The van der Waals surface area contributed by atoms with Crippen molar-refractivity contribution in [3.8, 4) is 0 Å². The van der Waals surface area contributed by atoms with E-state index in [4.69, 9.17) is 5.73 Å². The summed E-state index contributed by atoms with van der Waals surface area (Å²) in [6.45, 7) is 1.75. The lowest BCUT2D eigenvalue weighted by molar-refractivity contribution is 0.145. The first-order valence-electron chi connectivity index (χ1n) is 9.40. The zero-order valence-electron chi connectivity index (χ0n) is 14.8. The molecule has 3 rings (SSSR count). The maximum Gasteiger partial charge on any atom is 0.189 e. The number of nitrogens with one attached hydrogen (secondary N) is 1. The van der Waals surface area contributed by atoms with Gasteiger partial charge in [-0.3, -0.25) is 0 Å². The average molecular weight is 348 g/mol. The molecule has 1 aliphatic carbocycles. The quantitative estimate of drug-likeness (QED) is 0.577. The van der Waals surface area contributed by atoms with Gasteiger partial charge in [0.05, 0.1) is 18.3 Å². The number of aliphatic hydroxyl groups is 1. The lowest BCUT2D eigenvalue weighted by Gasteiger charge is -2.31. The van der Waals surface area contributed by atoms with Crippen molar-refractivity contribution >= 4 is 11.6 Å². The molecule has 0 spiro atoms. The van der Waals surface area contributed by atoms with E-state index in [1.54, 1.807) is 0 Å². The Morgan fingerprint density at radius 1 is 1.20 bits per heavy atom. The number of benzene rings is 1. The van der Waals surface area contributed by atoms with Gasteiger partial charge in [0.25, 0.3) is 0 Å². The molecule has 0 amide bonds. The monoisotopic (exact) mass is 348 g/mol. The number of anilines is 1. The highest BCUT2D eigenvalue weighted by Crippen LogP contribution is 2.24. The van der Waals surface area contributed by atoms with Crippen molar-refractivity contribution in [2.75, 3.05) is 18.0 Å². The molecule has 6 heteroatoms. The summed E-state index contributed by atoms with van der Waals surface area (Å²) in [5.74, 6) is 0.212. The normalized spacial score (nSPS) is 20.7. The number of guanidine groups is 1. The Hall–Kier alpha value is -1.82. The van der Waals surface area contributed by atoms with E-state index in [9.17, 15) is 9.50 Å². The third-order valence-corrected chi connectivity index (χ3v) is 5.21. The maximum atomic E-state index is 14.4. The Kier molecular flexibility index (Phi) is 6.13. The Morgan fingerprint density at radius 2 is 1.92 bits per heavy atom. The van der Waals surface area contributed by atoms with Gasteiger partial charge in [-0.05, 0) is 43.4 Å². The minimum absolute atomic E-state index is 0.233. The van der Waals surface area contributed by atoms with Crippen molar-refractivity contribution in [2.24, 2.45) is 10.7 Å². The molecule has 2 aliphatic rings. The molecule has 0 radical (unpaired) electrons. The molecular weight excluding hydrogens is 319 g/mol. The molecule has 2 fully saturated rings. The number of aliphatic imine (C=N–C) groups is 1. The highest BCUT2D eigenvalue weighted by molar-refractivity contribution is 5.78. The molecule has 1 saturated heterocycles. The summed E-state index contributed by atoms with van der Waals surface area (Å²) in [5.41, 5.74) is 7.38. The second-order valence-corrected chi connectivity index (χ2v) is 7.18. The summed E-state index contributed by atoms with van der Waals surface area (Å²) in [4.78, 5) is 6.35. The van der Waals surface area contributed by atoms with Crippen molar-refractivity contribution in [1.82, 2.24) is 5.32 Å². The molecule has 4 N–H and O–H groups in total. The zero-order valence-corrected chi connectivity index (χ0v) is 14.8. The van der Waals surface area contributed by atoms with Crippen LogP contribution in [0.25, 0.3) is 0 Å². The standard InChI is InChI=1S/C19H29FN4O/c20-17-12-14(6-7-18(17)24-10-8-16(25)9-11-24)13-22-19(21)23-15-4-2-1-3-5-15/h6-7,12,15-16,25H,1-5,8-11,13H2,(H3,21,22,23). The highest BCUT2D eigenvalue weighted by atomic mass is 19.1. The summed E-state index contributed by atoms with van der Waals surface area (Å²) in [5, 5.41) is 12.8. The van der Waals surface area contributed by atoms with E-state index in [1.165, 1.54) is 25.3 Å². The van der Waals surface area contributed by atoms with Gasteiger partial charge in [-0.2, -0.15) is 0 Å². The van der Waals surface area contributed by atoms with Gasteiger partial charge in [-0.15, -0.1) is 0 Å². The minimum Gasteiger partial charge on any atom is -0.393 e. The average Bonchev–Trinajstić information content (AvgIpc) is 2.62. The van der Waals surface area contributed by atoms with E-state index in [1.807, 2.05) is 17.0 Å². The van der Waals surface area contributed by atoms with Crippen LogP contribution in [0, 0.1) is 5.82 Å². The SMILES string of the molecule is NC(=NCc1ccc(N2CCC(O)CC2)c(F)c1)NC1CCCCC1. The fraction of sp³-hybridized carbons (Fsp3) is 0.632. The Balaban J connectivity index is 1.56. The molecule has 0 atom stereocenters. The number of hydrogen-bond acceptors (Lipinski definition) is 3. The van der Waals surface area contributed by atoms with Crippen LogP contribution in [0.15, 0.2) is 23.2 Å². The van der Waals surface area contributed by atoms with E-state index in [-0.39, 0.29) is 11.9 Å². The smallest absolute Gasteiger partial charge is 0.189 e. The summed E-state index contributed by atoms with van der Waals surface area (Å²) < 4.78 is 14.4. The number of nitrogens with zero attached hydrogens (tertiary/aromatic N) is 2. The molecular formula is C19H29FN4O. The molecule has 1 aliphatic heterocycles. The van der Waals surface area contributed by atoms with Crippen LogP contribution in [0.5, 0.6) is 0 Å². The molecule has 5 nitrogen and oxygen atoms in total. The van der Waals surface area contributed by atoms with Crippen LogP contribution in [-0.2, 0) is 6.54 Å². The number of aliphatic hydroxyl groups excluding tert-OH is 1.